The van der Waals surface area contributed by atoms with Gasteiger partial charge in [0.05, 0.1) is 0 Å². The molecule has 0 unspecified atom stereocenters. The van der Waals surface area contributed by atoms with Crippen LogP contribution >= 0.6 is 11.6 Å². The van der Waals surface area contributed by atoms with E-state index in [0.29, 0.717) is 0 Å². The van der Waals surface area contributed by atoms with Gasteiger partial charge in [0.25, 0.3) is 0 Å². The zero-order valence-corrected chi connectivity index (χ0v) is 6.26. The van der Waals surface area contributed by atoms with Crippen LogP contribution in [0.15, 0.2) is 0 Å². The van der Waals surface area contributed by atoms with Gasteiger partial charge in [-0.1, -0.05) is 11.6 Å². The van der Waals surface area contributed by atoms with Crippen molar-refractivity contribution in [1.82, 2.24) is 0 Å². The predicted molar refractivity (Wildman–Crippen MR) is 36.9 cm³/mol. The molecule has 0 spiro atoms. The average molecular weight is 273 g/mol. The standard InChI is InChI=1S/C4HClF6O2.Ca.2H/c5-2(1(12)13,3(6,7)8)4(9,10)11;;;/h(H,12,13);;;. The molecule has 0 aromatic carbocycles. The molecule has 0 radical (unpaired) electrons. The van der Waals surface area contributed by atoms with Crippen molar-refractivity contribution in [2.45, 2.75) is 17.2 Å². The van der Waals surface area contributed by atoms with Crippen LogP contribution < -0.4 is 0 Å². The minimum atomic E-state index is -6.10. The number of hydrogen-bond donors (Lipinski definition) is 1. The van der Waals surface area contributed by atoms with Gasteiger partial charge in [0.2, 0.25) is 0 Å². The van der Waals surface area contributed by atoms with Gasteiger partial charge in [0.1, 0.15) is 0 Å². The molecule has 10 heteroatoms. The van der Waals surface area contributed by atoms with Gasteiger partial charge in [-0.3, -0.25) is 0 Å². The van der Waals surface area contributed by atoms with Crippen molar-refractivity contribution in [1.29, 1.82) is 0 Å². The number of hydrogen-bond acceptors (Lipinski definition) is 1. The van der Waals surface area contributed by atoms with E-state index < -0.39 is 23.2 Å². The second-order valence-corrected chi connectivity index (χ2v) is 2.53. The number of carbonyl (C=O) groups is 1. The first-order chi connectivity index (χ1) is 5.44. The Morgan fingerprint density at radius 1 is 1.00 bits per heavy atom. The summed E-state index contributed by atoms with van der Waals surface area (Å²) in [6.45, 7) is 0. The normalized spacial score (nSPS) is 13.4. The predicted octanol–water partition coefficient (Wildman–Crippen LogP) is 1.26. The minimum absolute atomic E-state index is 0. The fourth-order valence-corrected chi connectivity index (χ4v) is 0.403. The summed E-state index contributed by atoms with van der Waals surface area (Å²) in [5.74, 6) is -3.20. The van der Waals surface area contributed by atoms with Crippen LogP contribution in [0.25, 0.3) is 0 Å². The van der Waals surface area contributed by atoms with Crippen LogP contribution in [0, 0.1) is 0 Å². The topological polar surface area (TPSA) is 37.3 Å². The van der Waals surface area contributed by atoms with Crippen LogP contribution in [0.2, 0.25) is 0 Å². The van der Waals surface area contributed by atoms with Crippen LogP contribution in [0.5, 0.6) is 0 Å². The van der Waals surface area contributed by atoms with Crippen molar-refractivity contribution >= 4 is 55.3 Å². The molecule has 0 fully saturated rings. The van der Waals surface area contributed by atoms with Gasteiger partial charge < -0.3 is 5.11 Å². The van der Waals surface area contributed by atoms with E-state index in [1.807, 2.05) is 0 Å². The van der Waals surface area contributed by atoms with E-state index in [2.05, 4.69) is 11.6 Å². The average Bonchev–Trinajstić information content (AvgIpc) is 1.80. The Balaban J connectivity index is 0. The Kier molecular flexibility index (Phi) is 5.62. The Morgan fingerprint density at radius 2 is 1.21 bits per heavy atom. The molecule has 0 saturated carbocycles. The first kappa shape index (κ1) is 17.0. The summed E-state index contributed by atoms with van der Waals surface area (Å²) < 4.78 is 69.7. The van der Waals surface area contributed by atoms with E-state index in [9.17, 15) is 31.1 Å². The molecule has 0 atom stereocenters. The molecule has 1 N–H and O–H groups in total. The summed E-state index contributed by atoms with van der Waals surface area (Å²) in [6, 6.07) is 0. The first-order valence-corrected chi connectivity index (χ1v) is 2.88. The molecule has 0 aromatic heterocycles. The molecule has 82 valence electrons. The number of rotatable bonds is 1. The van der Waals surface area contributed by atoms with E-state index in [1.54, 1.807) is 0 Å². The molecule has 0 bridgehead atoms. The SMILES string of the molecule is O=C(O)C(Cl)(C(F)(F)F)C(F)(F)F.[CaH2]. The summed E-state index contributed by atoms with van der Waals surface area (Å²) in [5.41, 5.74) is 0. The Bertz CT molecular complexity index is 209. The molecule has 0 aliphatic carbocycles. The second-order valence-electron chi connectivity index (χ2n) is 1.96. The zero-order valence-electron chi connectivity index (χ0n) is 5.50. The van der Waals surface area contributed by atoms with Gasteiger partial charge in [-0.05, 0) is 0 Å². The third-order valence-corrected chi connectivity index (χ3v) is 1.67. The van der Waals surface area contributed by atoms with Crippen LogP contribution in [0.3, 0.4) is 0 Å². The summed E-state index contributed by atoms with van der Waals surface area (Å²) in [7, 11) is 0. The van der Waals surface area contributed by atoms with Crippen LogP contribution in [0.4, 0.5) is 26.3 Å². The van der Waals surface area contributed by atoms with Crippen molar-refractivity contribution in [2.75, 3.05) is 0 Å². The van der Waals surface area contributed by atoms with Crippen LogP contribution in [-0.4, -0.2) is 66.0 Å². The molecule has 0 aromatic rings. The third kappa shape index (κ3) is 2.80. The number of carboxylic acids is 1. The maximum absolute atomic E-state index is 11.6. The molecular weight excluding hydrogens is 270 g/mol. The summed E-state index contributed by atoms with van der Waals surface area (Å²) in [5, 5.41) is 7.73. The Morgan fingerprint density at radius 3 is 1.21 bits per heavy atom. The van der Waals surface area contributed by atoms with Crippen LogP contribution in [-0.2, 0) is 4.79 Å². The van der Waals surface area contributed by atoms with Crippen LogP contribution in [0.1, 0.15) is 0 Å². The molecule has 0 amide bonds. The quantitative estimate of drug-likeness (QED) is 0.443. The van der Waals surface area contributed by atoms with E-state index in [0.717, 1.165) is 0 Å². The molecule has 2 nitrogen and oxygen atoms in total. The number of alkyl halides is 7. The molecule has 0 rings (SSSR count). The summed E-state index contributed by atoms with van der Waals surface area (Å²) in [4.78, 5) is 4.51. The molecule has 0 saturated heterocycles. The molecule has 14 heavy (non-hydrogen) atoms. The third-order valence-electron chi connectivity index (χ3n) is 1.08. The number of halogens is 7. The van der Waals surface area contributed by atoms with Crippen molar-refractivity contribution in [3.63, 3.8) is 0 Å². The first-order valence-electron chi connectivity index (χ1n) is 2.50. The number of carboxylic acid groups (broad SMARTS) is 1. The van der Waals surface area contributed by atoms with Crippen molar-refractivity contribution in [3.05, 3.63) is 0 Å². The van der Waals surface area contributed by atoms with Gasteiger partial charge in [-0.15, -0.1) is 0 Å². The van der Waals surface area contributed by atoms with Gasteiger partial charge in [0, 0.05) is 0 Å². The molecule has 0 heterocycles. The van der Waals surface area contributed by atoms with E-state index in [-0.39, 0.29) is 37.7 Å². The van der Waals surface area contributed by atoms with Crippen molar-refractivity contribution in [2.24, 2.45) is 0 Å². The van der Waals surface area contributed by atoms with E-state index in [1.165, 1.54) is 0 Å². The maximum atomic E-state index is 11.6. The fraction of sp³-hybridized carbons (Fsp3) is 0.750. The van der Waals surface area contributed by atoms with Gasteiger partial charge in [0.15, 0.2) is 0 Å². The van der Waals surface area contributed by atoms with Gasteiger partial charge >= 0.3 is 60.9 Å². The van der Waals surface area contributed by atoms with Gasteiger partial charge in [-0.25, -0.2) is 4.79 Å². The van der Waals surface area contributed by atoms with Crippen molar-refractivity contribution < 1.29 is 36.2 Å². The summed E-state index contributed by atoms with van der Waals surface area (Å²) >= 11 is 3.98. The molecule has 0 aliphatic heterocycles. The van der Waals surface area contributed by atoms with Gasteiger partial charge in [-0.2, -0.15) is 26.3 Å². The summed E-state index contributed by atoms with van der Waals surface area (Å²) in [6.07, 6.45) is -12.2. The van der Waals surface area contributed by atoms with E-state index >= 15 is 0 Å². The molecular formula is C4H3CaClF6O2. The second kappa shape index (κ2) is 4.63. The monoisotopic (exact) mass is 272 g/mol. The van der Waals surface area contributed by atoms with Crippen molar-refractivity contribution in [3.8, 4) is 0 Å². The van der Waals surface area contributed by atoms with E-state index in [4.69, 9.17) is 5.11 Å². The molecule has 0 aliphatic rings. The number of aliphatic carboxylic acids is 1. The Labute approximate surface area is 108 Å². The zero-order chi connectivity index (χ0) is 11.1. The Hall–Kier alpha value is 0.600. The fourth-order valence-electron chi connectivity index (χ4n) is 0.403.